The average Bonchev–Trinajstić information content (AvgIpc) is 2.41. The predicted molar refractivity (Wildman–Crippen MR) is 82.1 cm³/mol. The minimum Gasteiger partial charge on any atom is -0.489 e. The monoisotopic (exact) mass is 270 g/mol. The van der Waals surface area contributed by atoms with Crippen molar-refractivity contribution in [3.63, 3.8) is 0 Å². The fraction of sp³-hybridized carbons (Fsp3) is 0.333. The standard InChI is InChI=1S/C18H22O2/c1-12-5-6-16(9-13(12)2)11-20-18-8-7-17(15(4)19)10-14(18)3/h5-10,15,19H,11H2,1-4H3/t15-/m1/s1. The molecule has 2 nitrogen and oxygen atoms in total. The van der Waals surface area contributed by atoms with Crippen LogP contribution in [-0.4, -0.2) is 5.11 Å². The lowest BCUT2D eigenvalue weighted by Gasteiger charge is -2.12. The fourth-order valence-corrected chi connectivity index (χ4v) is 2.15. The zero-order valence-electron chi connectivity index (χ0n) is 12.6. The molecule has 0 aliphatic rings. The van der Waals surface area contributed by atoms with E-state index in [2.05, 4.69) is 32.0 Å². The van der Waals surface area contributed by atoms with Gasteiger partial charge in [0.25, 0.3) is 0 Å². The van der Waals surface area contributed by atoms with Crippen molar-refractivity contribution < 1.29 is 9.84 Å². The predicted octanol–water partition coefficient (Wildman–Crippen LogP) is 4.24. The van der Waals surface area contributed by atoms with Gasteiger partial charge in [-0.3, -0.25) is 0 Å². The van der Waals surface area contributed by atoms with Crippen molar-refractivity contribution in [2.24, 2.45) is 0 Å². The van der Waals surface area contributed by atoms with Crippen molar-refractivity contribution >= 4 is 0 Å². The molecule has 2 rings (SSSR count). The zero-order valence-corrected chi connectivity index (χ0v) is 12.6. The third-order valence-corrected chi connectivity index (χ3v) is 3.65. The van der Waals surface area contributed by atoms with E-state index >= 15 is 0 Å². The van der Waals surface area contributed by atoms with Crippen LogP contribution in [0.5, 0.6) is 5.75 Å². The van der Waals surface area contributed by atoms with Gasteiger partial charge in [0, 0.05) is 0 Å². The van der Waals surface area contributed by atoms with Gasteiger partial charge in [0.1, 0.15) is 12.4 Å². The lowest BCUT2D eigenvalue weighted by molar-refractivity contribution is 0.199. The summed E-state index contributed by atoms with van der Waals surface area (Å²) in [5.41, 5.74) is 5.72. The molecule has 0 unspecified atom stereocenters. The molecule has 106 valence electrons. The van der Waals surface area contributed by atoms with E-state index < -0.39 is 6.10 Å². The van der Waals surface area contributed by atoms with Gasteiger partial charge < -0.3 is 9.84 Å². The highest BCUT2D eigenvalue weighted by molar-refractivity contribution is 5.37. The Hall–Kier alpha value is -1.80. The summed E-state index contributed by atoms with van der Waals surface area (Å²) in [4.78, 5) is 0. The summed E-state index contributed by atoms with van der Waals surface area (Å²) < 4.78 is 5.87. The average molecular weight is 270 g/mol. The lowest BCUT2D eigenvalue weighted by Crippen LogP contribution is -1.99. The molecule has 2 aromatic carbocycles. The first-order chi connectivity index (χ1) is 9.47. The van der Waals surface area contributed by atoms with Crippen LogP contribution in [0.1, 0.15) is 40.8 Å². The number of benzene rings is 2. The summed E-state index contributed by atoms with van der Waals surface area (Å²) in [6.07, 6.45) is -0.442. The third-order valence-electron chi connectivity index (χ3n) is 3.65. The van der Waals surface area contributed by atoms with Crippen LogP contribution in [0, 0.1) is 20.8 Å². The van der Waals surface area contributed by atoms with E-state index in [1.165, 1.54) is 16.7 Å². The smallest absolute Gasteiger partial charge is 0.122 e. The molecule has 0 fully saturated rings. The number of aliphatic hydroxyl groups excluding tert-OH is 1. The Morgan fingerprint density at radius 2 is 1.70 bits per heavy atom. The largest absolute Gasteiger partial charge is 0.489 e. The van der Waals surface area contributed by atoms with Crippen molar-refractivity contribution in [3.05, 3.63) is 64.2 Å². The van der Waals surface area contributed by atoms with Crippen molar-refractivity contribution in [2.45, 2.75) is 40.4 Å². The summed E-state index contributed by atoms with van der Waals surface area (Å²) in [7, 11) is 0. The van der Waals surface area contributed by atoms with Crippen LogP contribution in [0.2, 0.25) is 0 Å². The van der Waals surface area contributed by atoms with Crippen molar-refractivity contribution in [2.75, 3.05) is 0 Å². The molecule has 0 saturated carbocycles. The van der Waals surface area contributed by atoms with Gasteiger partial charge in [-0.15, -0.1) is 0 Å². The maximum absolute atomic E-state index is 9.56. The fourth-order valence-electron chi connectivity index (χ4n) is 2.15. The Labute approximate surface area is 121 Å². The number of hydrogen-bond donors (Lipinski definition) is 1. The van der Waals surface area contributed by atoms with E-state index in [9.17, 15) is 5.11 Å². The summed E-state index contributed by atoms with van der Waals surface area (Å²) >= 11 is 0. The quantitative estimate of drug-likeness (QED) is 0.900. The van der Waals surface area contributed by atoms with Gasteiger partial charge in [0.2, 0.25) is 0 Å². The molecule has 0 aromatic heterocycles. The Kier molecular flexibility index (Phi) is 4.46. The Bertz CT molecular complexity index is 600. The molecular weight excluding hydrogens is 248 g/mol. The topological polar surface area (TPSA) is 29.5 Å². The molecule has 0 amide bonds. The van der Waals surface area contributed by atoms with E-state index in [1.54, 1.807) is 6.92 Å². The Morgan fingerprint density at radius 3 is 2.30 bits per heavy atom. The first-order valence-electron chi connectivity index (χ1n) is 6.95. The van der Waals surface area contributed by atoms with Crippen LogP contribution in [0.15, 0.2) is 36.4 Å². The molecule has 0 aliphatic carbocycles. The van der Waals surface area contributed by atoms with E-state index in [1.807, 2.05) is 25.1 Å². The maximum atomic E-state index is 9.56. The third kappa shape index (κ3) is 3.40. The van der Waals surface area contributed by atoms with Crippen LogP contribution in [0.3, 0.4) is 0 Å². The molecule has 1 atom stereocenters. The second kappa shape index (κ2) is 6.10. The van der Waals surface area contributed by atoms with Crippen molar-refractivity contribution in [3.8, 4) is 5.75 Å². The van der Waals surface area contributed by atoms with Crippen LogP contribution in [0.4, 0.5) is 0 Å². The van der Waals surface area contributed by atoms with Gasteiger partial charge in [0.15, 0.2) is 0 Å². The molecular formula is C18H22O2. The molecule has 0 spiro atoms. The van der Waals surface area contributed by atoms with Crippen LogP contribution >= 0.6 is 0 Å². The van der Waals surface area contributed by atoms with Gasteiger partial charge in [-0.25, -0.2) is 0 Å². The molecule has 2 heteroatoms. The van der Waals surface area contributed by atoms with Crippen LogP contribution in [-0.2, 0) is 6.61 Å². The molecule has 2 aromatic rings. The first kappa shape index (κ1) is 14.6. The molecule has 1 N–H and O–H groups in total. The highest BCUT2D eigenvalue weighted by Crippen LogP contribution is 2.23. The number of rotatable bonds is 4. The summed E-state index contributed by atoms with van der Waals surface area (Å²) in [5, 5.41) is 9.56. The molecule has 0 heterocycles. The number of hydrogen-bond acceptors (Lipinski definition) is 2. The van der Waals surface area contributed by atoms with E-state index in [0.717, 1.165) is 16.9 Å². The first-order valence-corrected chi connectivity index (χ1v) is 6.95. The van der Waals surface area contributed by atoms with Gasteiger partial charge in [0.05, 0.1) is 6.10 Å². The van der Waals surface area contributed by atoms with E-state index in [4.69, 9.17) is 4.74 Å². The van der Waals surface area contributed by atoms with Gasteiger partial charge in [-0.1, -0.05) is 24.3 Å². The minimum absolute atomic E-state index is 0.442. The molecule has 0 bridgehead atoms. The lowest BCUT2D eigenvalue weighted by atomic mass is 10.1. The van der Waals surface area contributed by atoms with E-state index in [0.29, 0.717) is 6.61 Å². The van der Waals surface area contributed by atoms with Gasteiger partial charge in [-0.2, -0.15) is 0 Å². The second-order valence-corrected chi connectivity index (χ2v) is 5.41. The van der Waals surface area contributed by atoms with E-state index in [-0.39, 0.29) is 0 Å². The molecule has 0 radical (unpaired) electrons. The molecule has 0 saturated heterocycles. The number of aryl methyl sites for hydroxylation is 3. The van der Waals surface area contributed by atoms with Crippen LogP contribution < -0.4 is 4.74 Å². The minimum atomic E-state index is -0.442. The Balaban J connectivity index is 2.09. The molecule has 20 heavy (non-hydrogen) atoms. The second-order valence-electron chi connectivity index (χ2n) is 5.41. The maximum Gasteiger partial charge on any atom is 0.122 e. The van der Waals surface area contributed by atoms with Gasteiger partial charge >= 0.3 is 0 Å². The number of ether oxygens (including phenoxy) is 1. The van der Waals surface area contributed by atoms with Crippen molar-refractivity contribution in [1.82, 2.24) is 0 Å². The normalized spacial score (nSPS) is 12.2. The summed E-state index contributed by atoms with van der Waals surface area (Å²) in [6.45, 7) is 8.56. The highest BCUT2D eigenvalue weighted by Gasteiger charge is 2.05. The number of aliphatic hydroxyl groups is 1. The highest BCUT2D eigenvalue weighted by atomic mass is 16.5. The van der Waals surface area contributed by atoms with Gasteiger partial charge in [-0.05, 0) is 67.6 Å². The summed E-state index contributed by atoms with van der Waals surface area (Å²) in [6, 6.07) is 12.2. The van der Waals surface area contributed by atoms with Crippen molar-refractivity contribution in [1.29, 1.82) is 0 Å². The Morgan fingerprint density at radius 1 is 0.950 bits per heavy atom. The SMILES string of the molecule is Cc1ccc(COc2ccc([C@@H](C)O)cc2C)cc1C. The van der Waals surface area contributed by atoms with Crippen LogP contribution in [0.25, 0.3) is 0 Å². The molecule has 0 aliphatic heterocycles. The zero-order chi connectivity index (χ0) is 14.7. The summed E-state index contributed by atoms with van der Waals surface area (Å²) in [5.74, 6) is 0.868.